The molecule has 0 bridgehead atoms. The van der Waals surface area contributed by atoms with Gasteiger partial charge in [0, 0.05) is 0 Å². The normalized spacial score (nSPS) is 13.2. The Hall–Kier alpha value is 0.592. The van der Waals surface area contributed by atoms with Gasteiger partial charge in [0.05, 0.1) is 6.10 Å². The van der Waals surface area contributed by atoms with Gasteiger partial charge in [0.2, 0.25) is 0 Å². The predicted octanol–water partition coefficient (Wildman–Crippen LogP) is 1.46. The fourth-order valence-corrected chi connectivity index (χ4v) is 1.23. The third kappa shape index (κ3) is 5.38. The molecule has 0 fully saturated rings. The van der Waals surface area contributed by atoms with Gasteiger partial charge in [-0.15, -0.1) is 0 Å². The lowest BCUT2D eigenvalue weighted by atomic mass is 10.1. The van der Waals surface area contributed by atoms with E-state index in [9.17, 15) is 4.57 Å². The Morgan fingerprint density at radius 2 is 2.00 bits per heavy atom. The zero-order chi connectivity index (χ0) is 7.28. The van der Waals surface area contributed by atoms with E-state index in [1.807, 2.05) is 6.92 Å². The van der Waals surface area contributed by atoms with Crippen molar-refractivity contribution < 1.29 is 9.09 Å². The largest absolute Gasteiger partial charge is 0.327 e. The summed E-state index contributed by atoms with van der Waals surface area (Å²) >= 11 is 0. The van der Waals surface area contributed by atoms with Gasteiger partial charge < -0.3 is 0 Å². The van der Waals surface area contributed by atoms with Crippen molar-refractivity contribution in [3.8, 4) is 0 Å². The minimum atomic E-state index is -0.200. The molecule has 0 rings (SSSR count). The summed E-state index contributed by atoms with van der Waals surface area (Å²) < 4.78 is 14.8. The monoisotopic (exact) mass is 178 g/mol. The maximum atomic E-state index is 9.95. The summed E-state index contributed by atoms with van der Waals surface area (Å²) in [5.41, 5.74) is 0. The van der Waals surface area contributed by atoms with Gasteiger partial charge in [0.15, 0.2) is 17.4 Å². The van der Waals surface area contributed by atoms with Gasteiger partial charge in [0.25, 0.3) is 0 Å². The van der Waals surface area contributed by atoms with Gasteiger partial charge in [-0.25, -0.2) is 4.57 Å². The lowest BCUT2D eigenvalue weighted by molar-refractivity contribution is 0.165. The van der Waals surface area contributed by atoms with E-state index in [0.29, 0.717) is 5.92 Å². The van der Waals surface area contributed by atoms with Crippen molar-refractivity contribution in [3.63, 3.8) is 0 Å². The molecular weight excluding hydrogens is 162 g/mol. The summed E-state index contributed by atoms with van der Waals surface area (Å²) in [5.74, 6) is 0.455. The highest BCUT2D eigenvalue weighted by Gasteiger charge is 2.10. The van der Waals surface area contributed by atoms with E-state index in [-0.39, 0.29) is 32.2 Å². The topological polar surface area (TPSA) is 26.3 Å². The summed E-state index contributed by atoms with van der Waals surface area (Å²) in [7, 11) is -0.200. The number of rotatable bonds is 4. The first kappa shape index (κ1) is 13.2. The minimum absolute atomic E-state index is 0. The maximum Gasteiger partial charge on any atom is 0.327 e. The Balaban J connectivity index is 0. The second-order valence-electron chi connectivity index (χ2n) is 2.37. The van der Waals surface area contributed by atoms with Crippen molar-refractivity contribution in [2.45, 2.75) is 33.3 Å². The van der Waals surface area contributed by atoms with Gasteiger partial charge >= 0.3 is 8.69 Å². The molecule has 1 atom stereocenters. The average molecular weight is 178 g/mol. The quantitative estimate of drug-likeness (QED) is 0.481. The van der Waals surface area contributed by atoms with Crippen molar-refractivity contribution in [2.24, 2.45) is 5.92 Å². The molecule has 60 valence electrons. The fourth-order valence-electron chi connectivity index (χ4n) is 0.723. The molecule has 0 radical (unpaired) electrons. The fraction of sp³-hybridized carbons (Fsp3) is 1.00. The van der Waals surface area contributed by atoms with Crippen LogP contribution in [0.5, 0.6) is 0 Å². The third-order valence-electron chi connectivity index (χ3n) is 1.32. The lowest BCUT2D eigenvalue weighted by Gasteiger charge is -2.13. The molecule has 0 aliphatic carbocycles. The van der Waals surface area contributed by atoms with E-state index < -0.39 is 0 Å². The molecule has 0 spiro atoms. The zero-order valence-electron chi connectivity index (χ0n) is 6.13. The molecule has 4 heteroatoms. The first-order valence-electron chi connectivity index (χ1n) is 3.20. The van der Waals surface area contributed by atoms with Crippen LogP contribution in [0.25, 0.3) is 0 Å². The van der Waals surface area contributed by atoms with Gasteiger partial charge in [-0.3, -0.25) is 4.52 Å². The van der Waals surface area contributed by atoms with Crippen LogP contribution in [-0.2, 0) is 9.09 Å². The van der Waals surface area contributed by atoms with Crippen LogP contribution < -0.4 is 0 Å². The minimum Gasteiger partial charge on any atom is -0.291 e. The number of hydrogen-bond donors (Lipinski definition) is 0. The van der Waals surface area contributed by atoms with Crippen molar-refractivity contribution in [2.75, 3.05) is 0 Å². The Morgan fingerprint density at radius 1 is 1.50 bits per heavy atom. The van der Waals surface area contributed by atoms with Crippen molar-refractivity contribution in [1.82, 2.24) is 0 Å². The molecule has 0 N–H and O–H groups in total. The standard InChI is InChI=1S/C6H13O2P.Al.3H/c1-4-6(5(2)3)8-9-7;;;;/h5-6H,4H2,1-3H3;;;;. The third-order valence-corrected chi connectivity index (χ3v) is 1.68. The lowest BCUT2D eigenvalue weighted by Crippen LogP contribution is -2.13. The number of hydrogen-bond acceptors (Lipinski definition) is 2. The van der Waals surface area contributed by atoms with Gasteiger partial charge in [0.1, 0.15) is 0 Å². The Labute approximate surface area is 74.8 Å². The molecule has 0 heterocycles. The molecule has 0 amide bonds. The zero-order valence-corrected chi connectivity index (χ0v) is 7.02. The van der Waals surface area contributed by atoms with Crippen LogP contribution in [0.1, 0.15) is 27.2 Å². The molecule has 0 saturated carbocycles. The average Bonchev–Trinajstić information content (AvgIpc) is 1.82. The molecule has 0 saturated heterocycles. The second kappa shape index (κ2) is 7.70. The summed E-state index contributed by atoms with van der Waals surface area (Å²) in [6.45, 7) is 6.13. The molecule has 0 aromatic heterocycles. The molecule has 0 aromatic rings. The first-order chi connectivity index (χ1) is 4.22. The van der Waals surface area contributed by atoms with Gasteiger partial charge in [-0.1, -0.05) is 20.8 Å². The van der Waals surface area contributed by atoms with Crippen LogP contribution in [0.3, 0.4) is 0 Å². The SMILES string of the molecule is CCC(OP=O)C(C)C.[AlH3]. The van der Waals surface area contributed by atoms with Crippen molar-refractivity contribution in [3.05, 3.63) is 0 Å². The van der Waals surface area contributed by atoms with Gasteiger partial charge in [-0.05, 0) is 12.3 Å². The van der Waals surface area contributed by atoms with Crippen LogP contribution in [0.4, 0.5) is 0 Å². The molecule has 2 nitrogen and oxygen atoms in total. The highest BCUT2D eigenvalue weighted by Crippen LogP contribution is 2.14. The highest BCUT2D eigenvalue weighted by molar-refractivity contribution is 7.17. The summed E-state index contributed by atoms with van der Waals surface area (Å²) in [6.07, 6.45) is 1.07. The van der Waals surface area contributed by atoms with Crippen LogP contribution in [-0.4, -0.2) is 23.5 Å². The molecule has 10 heavy (non-hydrogen) atoms. The van der Waals surface area contributed by atoms with E-state index in [1.54, 1.807) is 0 Å². The first-order valence-corrected chi connectivity index (χ1v) is 3.93. The van der Waals surface area contributed by atoms with E-state index in [2.05, 4.69) is 13.8 Å². The van der Waals surface area contributed by atoms with Crippen LogP contribution in [0, 0.1) is 5.92 Å². The van der Waals surface area contributed by atoms with Crippen molar-refractivity contribution >= 4 is 26.0 Å². The van der Waals surface area contributed by atoms with Crippen LogP contribution in [0.15, 0.2) is 0 Å². The van der Waals surface area contributed by atoms with E-state index in [0.717, 1.165) is 6.42 Å². The summed E-state index contributed by atoms with van der Waals surface area (Å²) in [5, 5.41) is 0. The molecular formula is C6H16AlO2P. The molecule has 1 unspecified atom stereocenters. The highest BCUT2D eigenvalue weighted by atomic mass is 31.1. The Bertz CT molecular complexity index is 87.8. The smallest absolute Gasteiger partial charge is 0.291 e. The van der Waals surface area contributed by atoms with Crippen LogP contribution >= 0.6 is 8.69 Å². The molecule has 0 aliphatic heterocycles. The molecule has 0 aliphatic rings. The van der Waals surface area contributed by atoms with Crippen LogP contribution in [0.2, 0.25) is 0 Å². The summed E-state index contributed by atoms with van der Waals surface area (Å²) in [6, 6.07) is 0. The van der Waals surface area contributed by atoms with E-state index in [4.69, 9.17) is 4.52 Å². The second-order valence-corrected chi connectivity index (χ2v) is 2.73. The van der Waals surface area contributed by atoms with E-state index in [1.165, 1.54) is 0 Å². The Morgan fingerprint density at radius 3 is 2.10 bits per heavy atom. The van der Waals surface area contributed by atoms with Crippen molar-refractivity contribution in [1.29, 1.82) is 0 Å². The summed E-state index contributed by atoms with van der Waals surface area (Å²) in [4.78, 5) is 0. The maximum absolute atomic E-state index is 9.95. The predicted molar refractivity (Wildman–Crippen MR) is 47.5 cm³/mol. The Kier molecular flexibility index (Phi) is 10.2. The molecule has 0 aromatic carbocycles. The van der Waals surface area contributed by atoms with Gasteiger partial charge in [-0.2, -0.15) is 0 Å². The van der Waals surface area contributed by atoms with E-state index >= 15 is 0 Å².